The molecule has 0 radical (unpaired) electrons. The zero-order valence-corrected chi connectivity index (χ0v) is 7.41. The molecule has 0 aliphatic rings. The van der Waals surface area contributed by atoms with E-state index in [1.165, 1.54) is 6.92 Å². The molecule has 0 aliphatic carbocycles. The number of hydrogen-bond donors (Lipinski definition) is 1. The van der Waals surface area contributed by atoms with Crippen LogP contribution in [0.15, 0.2) is 12.2 Å². The minimum atomic E-state index is -1.33. The molecular weight excluding hydrogens is 216 g/mol. The molecule has 14 heavy (non-hydrogen) atoms. The third kappa shape index (κ3) is 9.82. The summed E-state index contributed by atoms with van der Waals surface area (Å²) in [4.78, 5) is 20.6. The molecule has 0 spiro atoms. The van der Waals surface area contributed by atoms with Crippen molar-refractivity contribution in [3.05, 3.63) is 12.2 Å². The molecule has 0 atom stereocenters. The number of carbonyl (C=O) groups is 2. The van der Waals surface area contributed by atoms with Crippen LogP contribution in [0.1, 0.15) is 13.3 Å². The first-order valence-electron chi connectivity index (χ1n) is 3.72. The Bertz CT molecular complexity index is 214. The second-order valence-corrected chi connectivity index (χ2v) is 2.38. The average molecular weight is 230 g/mol. The molecule has 0 rings (SSSR count). The Morgan fingerprint density at radius 3 is 2.21 bits per heavy atom. The number of hydrogen-bond acceptors (Lipinski definition) is 4. The summed E-state index contributed by atoms with van der Waals surface area (Å²) < 4.78 is 8.86. The summed E-state index contributed by atoms with van der Waals surface area (Å²) in [6.45, 7) is 5.08. The van der Waals surface area contributed by atoms with Gasteiger partial charge in [0.2, 0.25) is 0 Å². The summed E-state index contributed by atoms with van der Waals surface area (Å²) in [5, 5.41) is 8.07. The Labute approximate surface area is 112 Å². The molecular formula is C8H14CaO5. The number of rotatable bonds is 5. The molecule has 5 nitrogen and oxygen atoms in total. The molecule has 0 amide bonds. The predicted molar refractivity (Wildman–Crippen MR) is 52.9 cm³/mol. The fourth-order valence-corrected chi connectivity index (χ4v) is 0.506. The van der Waals surface area contributed by atoms with Crippen LogP contribution in [0.3, 0.4) is 0 Å². The van der Waals surface area contributed by atoms with Gasteiger partial charge < -0.3 is 14.6 Å². The zero-order valence-electron chi connectivity index (χ0n) is 7.41. The number of carbonyl (C=O) groups excluding carboxylic acids is 1. The molecule has 0 aromatic rings. The van der Waals surface area contributed by atoms with Crippen LogP contribution < -0.4 is 0 Å². The summed E-state index contributed by atoms with van der Waals surface area (Å²) in [6, 6.07) is 0. The van der Waals surface area contributed by atoms with Gasteiger partial charge in [0.05, 0.1) is 13.2 Å². The number of ether oxygens (including phenoxy) is 2. The van der Waals surface area contributed by atoms with Crippen molar-refractivity contribution in [2.75, 3.05) is 13.2 Å². The van der Waals surface area contributed by atoms with Crippen molar-refractivity contribution in [2.45, 2.75) is 13.3 Å². The second kappa shape index (κ2) is 9.30. The molecule has 0 unspecified atom stereocenters. The van der Waals surface area contributed by atoms with Crippen LogP contribution in [-0.2, 0) is 14.3 Å². The SMILES string of the molecule is C=C(C)C(=O)OCCCOC(=O)O.[CaH2]. The maximum atomic E-state index is 10.8. The number of esters is 1. The van der Waals surface area contributed by atoms with E-state index in [-0.39, 0.29) is 51.0 Å². The monoisotopic (exact) mass is 230 g/mol. The summed E-state index contributed by atoms with van der Waals surface area (Å²) in [5.74, 6) is -0.477. The first kappa shape index (κ1) is 16.2. The van der Waals surface area contributed by atoms with Gasteiger partial charge >= 0.3 is 49.9 Å². The minimum absolute atomic E-state index is 0. The van der Waals surface area contributed by atoms with Crippen molar-refractivity contribution < 1.29 is 24.2 Å². The standard InChI is InChI=1S/C8H12O5.Ca.2H/c1-6(2)7(9)12-4-3-5-13-8(10)11;;;/h1,3-5H2,2H3,(H,10,11);;;. The third-order valence-electron chi connectivity index (χ3n) is 1.10. The van der Waals surface area contributed by atoms with Crippen LogP contribution in [0.4, 0.5) is 4.79 Å². The van der Waals surface area contributed by atoms with Crippen LogP contribution in [0.25, 0.3) is 0 Å². The van der Waals surface area contributed by atoms with Crippen molar-refractivity contribution in [1.29, 1.82) is 0 Å². The van der Waals surface area contributed by atoms with Gasteiger partial charge in [-0.25, -0.2) is 9.59 Å². The Kier molecular flexibility index (Phi) is 10.7. The quantitative estimate of drug-likeness (QED) is 0.318. The average Bonchev–Trinajstić information content (AvgIpc) is 2.02. The molecule has 0 fully saturated rings. The van der Waals surface area contributed by atoms with E-state index >= 15 is 0 Å². The topological polar surface area (TPSA) is 72.8 Å². The van der Waals surface area contributed by atoms with Gasteiger partial charge in [-0.15, -0.1) is 0 Å². The molecule has 6 heteroatoms. The molecule has 0 saturated heterocycles. The molecule has 0 heterocycles. The van der Waals surface area contributed by atoms with Gasteiger partial charge in [0, 0.05) is 12.0 Å². The van der Waals surface area contributed by atoms with E-state index in [1.54, 1.807) is 0 Å². The van der Waals surface area contributed by atoms with Gasteiger partial charge in [-0.3, -0.25) is 0 Å². The molecule has 0 saturated carbocycles. The molecule has 0 aromatic heterocycles. The van der Waals surface area contributed by atoms with E-state index in [9.17, 15) is 9.59 Å². The van der Waals surface area contributed by atoms with Gasteiger partial charge in [0.15, 0.2) is 0 Å². The van der Waals surface area contributed by atoms with Crippen molar-refractivity contribution in [2.24, 2.45) is 0 Å². The Hall–Kier alpha value is -0.260. The summed E-state index contributed by atoms with van der Waals surface area (Å²) in [5.41, 5.74) is 0.319. The van der Waals surface area contributed by atoms with E-state index in [1.807, 2.05) is 0 Å². The van der Waals surface area contributed by atoms with Crippen LogP contribution >= 0.6 is 0 Å². The Morgan fingerprint density at radius 2 is 1.79 bits per heavy atom. The van der Waals surface area contributed by atoms with E-state index in [0.717, 1.165) is 0 Å². The van der Waals surface area contributed by atoms with Gasteiger partial charge in [0.1, 0.15) is 0 Å². The first-order valence-corrected chi connectivity index (χ1v) is 3.72. The number of carboxylic acid groups (broad SMARTS) is 1. The van der Waals surface area contributed by atoms with E-state index in [2.05, 4.69) is 16.1 Å². The van der Waals surface area contributed by atoms with Crippen LogP contribution in [0, 0.1) is 0 Å². The van der Waals surface area contributed by atoms with E-state index in [0.29, 0.717) is 12.0 Å². The van der Waals surface area contributed by atoms with Crippen molar-refractivity contribution >= 4 is 49.9 Å². The fraction of sp³-hybridized carbons (Fsp3) is 0.500. The first-order chi connectivity index (χ1) is 6.04. The van der Waals surface area contributed by atoms with Crippen molar-refractivity contribution in [1.82, 2.24) is 0 Å². The summed E-state index contributed by atoms with van der Waals surface area (Å²) in [6.07, 6.45) is -0.975. The van der Waals surface area contributed by atoms with Gasteiger partial charge in [-0.1, -0.05) is 6.58 Å². The van der Waals surface area contributed by atoms with Crippen LogP contribution in [-0.4, -0.2) is 68.2 Å². The van der Waals surface area contributed by atoms with Crippen LogP contribution in [0.5, 0.6) is 0 Å². The van der Waals surface area contributed by atoms with E-state index in [4.69, 9.17) is 5.11 Å². The maximum absolute atomic E-state index is 10.8. The third-order valence-corrected chi connectivity index (χ3v) is 1.10. The second-order valence-electron chi connectivity index (χ2n) is 2.38. The molecule has 0 bridgehead atoms. The fourth-order valence-electron chi connectivity index (χ4n) is 0.506. The van der Waals surface area contributed by atoms with Gasteiger partial charge in [-0.05, 0) is 6.92 Å². The Balaban J connectivity index is 0. The predicted octanol–water partition coefficient (Wildman–Crippen LogP) is 0.274. The molecule has 1 N–H and O–H groups in total. The zero-order chi connectivity index (χ0) is 10.3. The molecule has 78 valence electrons. The normalized spacial score (nSPS) is 8.36. The van der Waals surface area contributed by atoms with E-state index < -0.39 is 12.1 Å². The summed E-state index contributed by atoms with van der Waals surface area (Å²) >= 11 is 0. The van der Waals surface area contributed by atoms with Gasteiger partial charge in [-0.2, -0.15) is 0 Å². The Morgan fingerprint density at radius 1 is 1.29 bits per heavy atom. The summed E-state index contributed by atoms with van der Waals surface area (Å²) in [7, 11) is 0. The van der Waals surface area contributed by atoms with Crippen molar-refractivity contribution in [3.63, 3.8) is 0 Å². The molecule has 0 aliphatic heterocycles. The van der Waals surface area contributed by atoms with Gasteiger partial charge in [0.25, 0.3) is 0 Å². The van der Waals surface area contributed by atoms with Crippen LogP contribution in [0.2, 0.25) is 0 Å². The molecule has 0 aromatic carbocycles. The van der Waals surface area contributed by atoms with Crippen molar-refractivity contribution in [3.8, 4) is 0 Å².